The molecule has 6 nitrogen and oxygen atoms in total. The van der Waals surface area contributed by atoms with Crippen molar-refractivity contribution in [2.45, 2.75) is 57.3 Å². The zero-order valence-corrected chi connectivity index (χ0v) is 23.9. The fraction of sp³-hybridized carbons (Fsp3) is 0.367. The summed E-state index contributed by atoms with van der Waals surface area (Å²) in [4.78, 5) is 39.9. The number of ether oxygens (including phenoxy) is 1. The fourth-order valence-electron chi connectivity index (χ4n) is 4.66. The van der Waals surface area contributed by atoms with Gasteiger partial charge in [-0.3, -0.25) is 9.59 Å². The van der Waals surface area contributed by atoms with Crippen molar-refractivity contribution in [2.75, 3.05) is 23.5 Å². The molecule has 2 amide bonds. The Morgan fingerprint density at radius 3 is 2.50 bits per heavy atom. The first kappa shape index (κ1) is 27.9. The number of carbonyl (C=O) groups is 3. The van der Waals surface area contributed by atoms with E-state index in [1.54, 1.807) is 0 Å². The Hall–Kier alpha value is -3.10. The molecule has 3 aromatic rings. The second kappa shape index (κ2) is 12.2. The molecule has 1 aromatic heterocycles. The van der Waals surface area contributed by atoms with Gasteiger partial charge >= 0.3 is 5.97 Å². The van der Waals surface area contributed by atoms with Crippen molar-refractivity contribution < 1.29 is 19.1 Å². The van der Waals surface area contributed by atoms with E-state index in [0.717, 1.165) is 34.6 Å². The minimum absolute atomic E-state index is 0.0381. The van der Waals surface area contributed by atoms with E-state index in [2.05, 4.69) is 34.9 Å². The average molecular weight is 551 g/mol. The van der Waals surface area contributed by atoms with Crippen molar-refractivity contribution in [3.05, 3.63) is 76.2 Å². The van der Waals surface area contributed by atoms with Crippen LogP contribution in [0.4, 0.5) is 10.7 Å². The predicted octanol–water partition coefficient (Wildman–Crippen LogP) is 6.91. The Morgan fingerprint density at radius 2 is 1.79 bits per heavy atom. The largest absolute Gasteiger partial charge is 0.465 e. The van der Waals surface area contributed by atoms with Gasteiger partial charge in [-0.15, -0.1) is 23.1 Å². The average Bonchev–Trinajstić information content (AvgIpc) is 3.23. The van der Waals surface area contributed by atoms with Crippen molar-refractivity contribution in [2.24, 2.45) is 5.41 Å². The van der Waals surface area contributed by atoms with Crippen LogP contribution in [0, 0.1) is 5.41 Å². The number of thiophene rings is 1. The molecule has 0 bridgehead atoms. The van der Waals surface area contributed by atoms with Gasteiger partial charge in [-0.2, -0.15) is 0 Å². The van der Waals surface area contributed by atoms with E-state index in [1.165, 1.54) is 35.8 Å². The molecule has 0 fully saturated rings. The smallest absolute Gasteiger partial charge is 0.341 e. The topological polar surface area (TPSA) is 84.5 Å². The molecule has 2 aromatic carbocycles. The fourth-order valence-corrected chi connectivity index (χ4v) is 6.75. The second-order valence-corrected chi connectivity index (χ2v) is 12.9. The number of hydrogen-bond acceptors (Lipinski definition) is 6. The van der Waals surface area contributed by atoms with E-state index in [0.29, 0.717) is 28.6 Å². The molecule has 0 aliphatic heterocycles. The summed E-state index contributed by atoms with van der Waals surface area (Å²) >= 11 is 2.86. The first-order valence-corrected chi connectivity index (χ1v) is 14.5. The van der Waals surface area contributed by atoms with E-state index in [-0.39, 0.29) is 23.0 Å². The van der Waals surface area contributed by atoms with Gasteiger partial charge in [-0.25, -0.2) is 4.79 Å². The number of methoxy groups -OCH3 is 1. The summed E-state index contributed by atoms with van der Waals surface area (Å²) in [6.07, 6.45) is 2.98. The van der Waals surface area contributed by atoms with Crippen molar-refractivity contribution in [1.29, 1.82) is 0 Å². The first-order chi connectivity index (χ1) is 18.1. The molecule has 8 heteroatoms. The predicted molar refractivity (Wildman–Crippen MR) is 155 cm³/mol. The molecule has 1 aliphatic rings. The van der Waals surface area contributed by atoms with Crippen LogP contribution >= 0.6 is 23.1 Å². The third-order valence-electron chi connectivity index (χ3n) is 6.36. The molecule has 1 aliphatic carbocycles. The van der Waals surface area contributed by atoms with Gasteiger partial charge in [0, 0.05) is 21.9 Å². The summed E-state index contributed by atoms with van der Waals surface area (Å²) in [6.45, 7) is 6.07. The molecule has 4 rings (SSSR count). The highest BCUT2D eigenvalue weighted by Crippen LogP contribution is 2.43. The van der Waals surface area contributed by atoms with E-state index in [4.69, 9.17) is 4.74 Å². The number of anilines is 2. The van der Waals surface area contributed by atoms with Crippen LogP contribution in [0.1, 0.15) is 65.9 Å². The summed E-state index contributed by atoms with van der Waals surface area (Å²) in [5.74, 6) is -0.0790. The van der Waals surface area contributed by atoms with Gasteiger partial charge in [-0.05, 0) is 59.9 Å². The number of fused-ring (bicyclic) bond motifs is 1. The van der Waals surface area contributed by atoms with Gasteiger partial charge in [0.1, 0.15) is 5.00 Å². The second-order valence-electron chi connectivity index (χ2n) is 10.7. The normalized spacial score (nSPS) is 14.9. The molecule has 1 unspecified atom stereocenters. The standard InChI is InChI=1S/C30H34N2O4S2/c1-30(2,3)17-25(33)31-21-11-8-12-22(16-21)37-18-26(34)32-28-27(29(35)36-4)23-14-13-20(15-24(23)38-28)19-9-6-5-7-10-19/h5-12,16,20H,13-15,17-18H2,1-4H3,(H,31,33)(H,32,34). The van der Waals surface area contributed by atoms with Gasteiger partial charge in [0.25, 0.3) is 0 Å². The van der Waals surface area contributed by atoms with Crippen LogP contribution in [0.3, 0.4) is 0 Å². The maximum atomic E-state index is 12.9. The van der Waals surface area contributed by atoms with Crippen LogP contribution in [0.25, 0.3) is 0 Å². The number of esters is 1. The number of nitrogens with one attached hydrogen (secondary N) is 2. The number of benzene rings is 2. The van der Waals surface area contributed by atoms with E-state index in [1.807, 2.05) is 51.1 Å². The molecule has 0 spiro atoms. The van der Waals surface area contributed by atoms with E-state index >= 15 is 0 Å². The van der Waals surface area contributed by atoms with Gasteiger partial charge in [0.15, 0.2) is 0 Å². The van der Waals surface area contributed by atoms with Crippen molar-refractivity contribution in [3.8, 4) is 0 Å². The first-order valence-electron chi connectivity index (χ1n) is 12.7. The Morgan fingerprint density at radius 1 is 1.03 bits per heavy atom. The van der Waals surface area contributed by atoms with Crippen molar-refractivity contribution in [3.63, 3.8) is 0 Å². The van der Waals surface area contributed by atoms with E-state index in [9.17, 15) is 14.4 Å². The summed E-state index contributed by atoms with van der Waals surface area (Å²) in [7, 11) is 1.37. The number of rotatable bonds is 8. The van der Waals surface area contributed by atoms with Gasteiger partial charge < -0.3 is 15.4 Å². The van der Waals surface area contributed by atoms with Crippen LogP contribution < -0.4 is 10.6 Å². The minimum Gasteiger partial charge on any atom is -0.465 e. The monoisotopic (exact) mass is 550 g/mol. The molecule has 38 heavy (non-hydrogen) atoms. The lowest BCUT2D eigenvalue weighted by molar-refractivity contribution is -0.118. The lowest BCUT2D eigenvalue weighted by Crippen LogP contribution is -2.19. The lowest BCUT2D eigenvalue weighted by atomic mass is 9.83. The molecule has 0 saturated heterocycles. The van der Waals surface area contributed by atoms with Crippen LogP contribution in [-0.2, 0) is 27.2 Å². The van der Waals surface area contributed by atoms with Crippen LogP contribution in [0.2, 0.25) is 0 Å². The number of hydrogen-bond donors (Lipinski definition) is 2. The van der Waals surface area contributed by atoms with Crippen LogP contribution in [0.15, 0.2) is 59.5 Å². The van der Waals surface area contributed by atoms with Gasteiger partial charge in [0.2, 0.25) is 11.8 Å². The summed E-state index contributed by atoms with van der Waals surface area (Å²) in [5, 5.41) is 6.46. The van der Waals surface area contributed by atoms with Crippen molar-refractivity contribution >= 4 is 51.6 Å². The van der Waals surface area contributed by atoms with Crippen LogP contribution in [0.5, 0.6) is 0 Å². The van der Waals surface area contributed by atoms with Gasteiger partial charge in [0.05, 0.1) is 18.4 Å². The molecular formula is C30H34N2O4S2. The highest BCUT2D eigenvalue weighted by molar-refractivity contribution is 8.00. The summed E-state index contributed by atoms with van der Waals surface area (Å²) in [6, 6.07) is 17.9. The molecular weight excluding hydrogens is 516 g/mol. The Kier molecular flexibility index (Phi) is 8.95. The van der Waals surface area contributed by atoms with Crippen LogP contribution in [-0.4, -0.2) is 30.6 Å². The third-order valence-corrected chi connectivity index (χ3v) is 8.52. The number of amides is 2. The number of carbonyl (C=O) groups excluding carboxylic acids is 3. The quantitative estimate of drug-likeness (QED) is 0.235. The maximum absolute atomic E-state index is 12.9. The molecule has 1 atom stereocenters. The van der Waals surface area contributed by atoms with Crippen molar-refractivity contribution in [1.82, 2.24) is 0 Å². The highest BCUT2D eigenvalue weighted by Gasteiger charge is 2.30. The SMILES string of the molecule is COC(=O)c1c(NC(=O)CSc2cccc(NC(=O)CC(C)(C)C)c2)sc2c1CCC(c1ccccc1)C2. The number of thioether (sulfide) groups is 1. The highest BCUT2D eigenvalue weighted by atomic mass is 32.2. The Balaban J connectivity index is 1.42. The minimum atomic E-state index is -0.415. The molecule has 2 N–H and O–H groups in total. The third kappa shape index (κ3) is 7.26. The molecule has 0 radical (unpaired) electrons. The Labute approximate surface area is 232 Å². The zero-order valence-electron chi connectivity index (χ0n) is 22.3. The van der Waals surface area contributed by atoms with E-state index < -0.39 is 5.97 Å². The zero-order chi connectivity index (χ0) is 27.3. The molecule has 200 valence electrons. The lowest BCUT2D eigenvalue weighted by Gasteiger charge is -2.22. The molecule has 1 heterocycles. The summed E-state index contributed by atoms with van der Waals surface area (Å²) in [5.41, 5.74) is 3.39. The Bertz CT molecular complexity index is 1310. The summed E-state index contributed by atoms with van der Waals surface area (Å²) < 4.78 is 5.08. The maximum Gasteiger partial charge on any atom is 0.341 e. The molecule has 0 saturated carbocycles. The van der Waals surface area contributed by atoms with Gasteiger partial charge in [-0.1, -0.05) is 57.2 Å².